The van der Waals surface area contributed by atoms with E-state index < -0.39 is 0 Å². The molecule has 62 valence electrons. The van der Waals surface area contributed by atoms with Crippen LogP contribution in [-0.2, 0) is 4.79 Å². The van der Waals surface area contributed by atoms with Crippen LogP contribution in [0.25, 0.3) is 0 Å². The van der Waals surface area contributed by atoms with Crippen LogP contribution in [0.3, 0.4) is 0 Å². The summed E-state index contributed by atoms with van der Waals surface area (Å²) in [6, 6.07) is 7.88. The summed E-state index contributed by atoms with van der Waals surface area (Å²) in [4.78, 5) is 14.0. The molecule has 1 heterocycles. The maximum absolute atomic E-state index is 11.2. The summed E-state index contributed by atoms with van der Waals surface area (Å²) in [5.41, 5.74) is 0.995. The van der Waals surface area contributed by atoms with Crippen LogP contribution in [0.1, 0.15) is 0 Å². The van der Waals surface area contributed by atoms with Gasteiger partial charge in [-0.3, -0.25) is 11.8 Å². The van der Waals surface area contributed by atoms with Gasteiger partial charge in [-0.2, -0.15) is 0 Å². The van der Waals surface area contributed by atoms with Crippen molar-refractivity contribution in [2.24, 2.45) is 0 Å². The molecule has 0 unspecified atom stereocenters. The van der Waals surface area contributed by atoms with Crippen molar-refractivity contribution in [3.05, 3.63) is 30.0 Å². The number of amides is 1. The van der Waals surface area contributed by atoms with Crippen LogP contribution in [0, 0.1) is 5.75 Å². The molecule has 4 heteroatoms. The minimum Gasteiger partial charge on any atom is -0.339 e. The third kappa shape index (κ3) is 1.88. The van der Waals surface area contributed by atoms with E-state index in [2.05, 4.69) is 0 Å². The maximum atomic E-state index is 11.2. The first-order valence-corrected chi connectivity index (χ1v) is 4.53. The number of benzene rings is 1. The number of anilines is 1. The topological polar surface area (TPSA) is 20.3 Å². The van der Waals surface area contributed by atoms with Crippen molar-refractivity contribution >= 4 is 23.4 Å². The molecule has 0 saturated heterocycles. The normalized spacial score (nSPS) is 14.2. The van der Waals surface area contributed by atoms with E-state index in [0.717, 1.165) is 10.6 Å². The molecule has 0 spiro atoms. The molecule has 0 N–H and O–H groups in total. The van der Waals surface area contributed by atoms with Gasteiger partial charge in [0.15, 0.2) is 0 Å². The van der Waals surface area contributed by atoms with Gasteiger partial charge >= 0.3 is 18.9 Å². The van der Waals surface area contributed by atoms with Crippen LogP contribution in [-0.4, -0.2) is 13.0 Å². The molecule has 1 aromatic carbocycles. The van der Waals surface area contributed by atoms with Gasteiger partial charge in [0, 0.05) is 11.9 Å². The van der Waals surface area contributed by atoms with E-state index in [-0.39, 0.29) is 24.8 Å². The minimum atomic E-state index is 0. The largest absolute Gasteiger partial charge is 1.00 e. The molecule has 1 aliphatic heterocycles. The Morgan fingerprint density at radius 2 is 2.08 bits per heavy atom. The number of hydrogen-bond acceptors (Lipinski definition) is 2. The van der Waals surface area contributed by atoms with Gasteiger partial charge in [0.2, 0.25) is 0 Å². The predicted molar refractivity (Wildman–Crippen MR) is 50.0 cm³/mol. The van der Waals surface area contributed by atoms with Gasteiger partial charge in [0.1, 0.15) is 0 Å². The number of fused-ring (bicyclic) bond motifs is 1. The average molecular weight is 185 g/mol. The van der Waals surface area contributed by atoms with Crippen molar-refractivity contribution in [3.8, 4) is 0 Å². The Hall–Kier alpha value is -0.493. The number of thioether (sulfide) groups is 1. The van der Waals surface area contributed by atoms with E-state index in [1.807, 2.05) is 24.3 Å². The number of nitrogens with zero attached hydrogens (tertiary/aromatic N) is 1. The fourth-order valence-corrected chi connectivity index (χ4v) is 2.01. The Morgan fingerprint density at radius 1 is 1.38 bits per heavy atom. The second-order valence-electron chi connectivity index (χ2n) is 2.60. The van der Waals surface area contributed by atoms with Crippen molar-refractivity contribution < 1.29 is 23.7 Å². The van der Waals surface area contributed by atoms with Crippen LogP contribution in [0.15, 0.2) is 29.2 Å². The zero-order chi connectivity index (χ0) is 8.55. The summed E-state index contributed by atoms with van der Waals surface area (Å²) >= 11 is 1.48. The van der Waals surface area contributed by atoms with E-state index >= 15 is 0 Å². The molecule has 13 heavy (non-hydrogen) atoms. The Morgan fingerprint density at radius 3 is 2.85 bits per heavy atom. The molecule has 2 nitrogen and oxygen atoms in total. The Kier molecular flexibility index (Phi) is 3.38. The molecule has 2 rings (SSSR count). The van der Waals surface area contributed by atoms with Crippen molar-refractivity contribution in [2.75, 3.05) is 11.9 Å². The smallest absolute Gasteiger partial charge is 0.339 e. The summed E-state index contributed by atoms with van der Waals surface area (Å²) < 4.78 is 0. The fourth-order valence-electron chi connectivity index (χ4n) is 1.15. The number of hydrogen-bond donors (Lipinski definition) is 0. The van der Waals surface area contributed by atoms with Gasteiger partial charge in [0.25, 0.3) is 0 Å². The summed E-state index contributed by atoms with van der Waals surface area (Å²) in [6.07, 6.45) is 0. The molecule has 0 bridgehead atoms. The fraction of sp³-hybridized carbons (Fsp3) is 0.111. The Bertz CT molecular complexity index is 329. The maximum Gasteiger partial charge on any atom is 1.00 e. The van der Waals surface area contributed by atoms with Gasteiger partial charge in [-0.25, -0.2) is 5.75 Å². The number of rotatable bonds is 0. The Labute approximate surface area is 93.9 Å². The standard InChI is InChI=1S/C9H8NOS.Li/c1-10-7-4-2-3-5-8(7)12-6-9(10)11;/h2-6H,1H3;/q-1;+1. The first kappa shape index (κ1) is 10.6. The molecule has 1 aromatic rings. The van der Waals surface area contributed by atoms with E-state index in [1.54, 1.807) is 17.7 Å². The molecule has 1 amide bonds. The average Bonchev–Trinajstić information content (AvgIpc) is 2.12. The molecule has 0 radical (unpaired) electrons. The molecular weight excluding hydrogens is 177 g/mol. The third-order valence-corrected chi connectivity index (χ3v) is 2.76. The molecule has 0 atom stereocenters. The van der Waals surface area contributed by atoms with Crippen LogP contribution in [0.4, 0.5) is 5.69 Å². The second kappa shape index (κ2) is 4.15. The predicted octanol–water partition coefficient (Wildman–Crippen LogP) is -1.08. The van der Waals surface area contributed by atoms with Crippen molar-refractivity contribution in [3.63, 3.8) is 0 Å². The van der Waals surface area contributed by atoms with Gasteiger partial charge in [0.05, 0.1) is 11.6 Å². The van der Waals surface area contributed by atoms with Crippen LogP contribution in [0.2, 0.25) is 0 Å². The summed E-state index contributed by atoms with van der Waals surface area (Å²) in [7, 11) is 1.79. The quantitative estimate of drug-likeness (QED) is 0.378. The molecule has 0 saturated carbocycles. The second-order valence-corrected chi connectivity index (χ2v) is 3.51. The van der Waals surface area contributed by atoms with Crippen molar-refractivity contribution in [2.45, 2.75) is 4.90 Å². The van der Waals surface area contributed by atoms with Crippen LogP contribution in [0.5, 0.6) is 0 Å². The summed E-state index contributed by atoms with van der Waals surface area (Å²) in [5.74, 6) is 1.68. The third-order valence-electron chi connectivity index (χ3n) is 1.84. The van der Waals surface area contributed by atoms with E-state index in [0.29, 0.717) is 0 Å². The van der Waals surface area contributed by atoms with Crippen LogP contribution < -0.4 is 23.8 Å². The number of carbonyl (C=O) groups excluding carboxylic acids is 1. The molecule has 0 aromatic heterocycles. The first-order chi connectivity index (χ1) is 5.79. The molecular formula is C9H8LiNOS. The SMILES string of the molecule is CN1C(=O)[CH-]Sc2ccccc21.[Li+]. The molecule has 0 fully saturated rings. The molecule has 0 aliphatic carbocycles. The number of carbonyl (C=O) groups is 1. The minimum absolute atomic E-state index is 0. The summed E-state index contributed by atoms with van der Waals surface area (Å²) in [6.45, 7) is 0. The van der Waals surface area contributed by atoms with Gasteiger partial charge in [-0.1, -0.05) is 12.1 Å². The Balaban J connectivity index is 0.000000845. The van der Waals surface area contributed by atoms with Gasteiger partial charge in [-0.05, 0) is 12.1 Å². The zero-order valence-electron chi connectivity index (χ0n) is 7.65. The summed E-state index contributed by atoms with van der Waals surface area (Å²) in [5, 5.41) is 0. The van der Waals surface area contributed by atoms with Gasteiger partial charge in [-0.15, -0.1) is 0 Å². The monoisotopic (exact) mass is 185 g/mol. The van der Waals surface area contributed by atoms with E-state index in [4.69, 9.17) is 0 Å². The van der Waals surface area contributed by atoms with Crippen LogP contribution >= 0.6 is 11.8 Å². The zero-order valence-corrected chi connectivity index (χ0v) is 8.47. The van der Waals surface area contributed by atoms with Gasteiger partial charge < -0.3 is 9.69 Å². The van der Waals surface area contributed by atoms with E-state index in [9.17, 15) is 4.79 Å². The van der Waals surface area contributed by atoms with E-state index in [1.165, 1.54) is 11.8 Å². The van der Waals surface area contributed by atoms with Crippen molar-refractivity contribution in [1.82, 2.24) is 0 Å². The first-order valence-electron chi connectivity index (χ1n) is 3.65. The number of para-hydroxylation sites is 1. The van der Waals surface area contributed by atoms with Crippen molar-refractivity contribution in [1.29, 1.82) is 0 Å². The molecule has 1 aliphatic rings.